The van der Waals surface area contributed by atoms with Gasteiger partial charge in [0.1, 0.15) is 5.01 Å². The first-order chi connectivity index (χ1) is 14.7. The number of rotatable bonds is 6. The first kappa shape index (κ1) is 19.3. The van der Waals surface area contributed by atoms with Crippen LogP contribution < -0.4 is 5.32 Å². The summed E-state index contributed by atoms with van der Waals surface area (Å²) in [5.74, 6) is 1.51. The van der Waals surface area contributed by atoms with E-state index in [1.807, 2.05) is 0 Å². The molecular weight excluding hydrogens is 399 g/mol. The largest absolute Gasteiger partial charge is 0.339 e. The Balaban J connectivity index is 1.23. The SMILES string of the molecule is C[C@@H](NC1CCC(c2nc(Cc3ncc(F)s3)no2)C1)c1cccc2ccccc12. The molecule has 154 valence electrons. The van der Waals surface area contributed by atoms with Crippen LogP contribution in [0.4, 0.5) is 4.39 Å². The molecule has 0 amide bonds. The number of halogens is 1. The van der Waals surface area contributed by atoms with Crippen LogP contribution in [-0.2, 0) is 6.42 Å². The molecule has 0 aliphatic heterocycles. The van der Waals surface area contributed by atoms with Crippen molar-refractivity contribution >= 4 is 22.1 Å². The molecule has 4 aromatic rings. The van der Waals surface area contributed by atoms with Gasteiger partial charge >= 0.3 is 0 Å². The number of nitrogens with zero attached hydrogens (tertiary/aromatic N) is 3. The first-order valence-corrected chi connectivity index (χ1v) is 11.1. The van der Waals surface area contributed by atoms with E-state index in [1.165, 1.54) is 22.5 Å². The normalized spacial score (nSPS) is 20.1. The number of hydrogen-bond acceptors (Lipinski definition) is 6. The van der Waals surface area contributed by atoms with Gasteiger partial charge in [-0.1, -0.05) is 59.0 Å². The zero-order valence-electron chi connectivity index (χ0n) is 16.7. The van der Waals surface area contributed by atoms with E-state index in [1.54, 1.807) is 0 Å². The maximum absolute atomic E-state index is 13.1. The van der Waals surface area contributed by atoms with Crippen molar-refractivity contribution in [2.75, 3.05) is 0 Å². The van der Waals surface area contributed by atoms with Crippen molar-refractivity contribution < 1.29 is 8.91 Å². The molecule has 5 nitrogen and oxygen atoms in total. The van der Waals surface area contributed by atoms with Crippen LogP contribution in [0.3, 0.4) is 0 Å². The third-order valence-corrected chi connectivity index (χ3v) is 6.66. The standard InChI is InChI=1S/C23H23FN4OS/c1-14(18-8-4-6-15-5-2-3-7-19(15)18)26-17-10-9-16(11-17)23-27-21(28-29-23)12-22-25-13-20(24)30-22/h2-8,13-14,16-17,26H,9-12H2,1H3/t14-,16?,17?/m1/s1. The zero-order valence-corrected chi connectivity index (χ0v) is 17.5. The smallest absolute Gasteiger partial charge is 0.229 e. The summed E-state index contributed by atoms with van der Waals surface area (Å²) in [5, 5.41) is 10.8. The molecule has 2 heterocycles. The van der Waals surface area contributed by atoms with Crippen molar-refractivity contribution in [1.82, 2.24) is 20.4 Å². The lowest BCUT2D eigenvalue weighted by Crippen LogP contribution is -2.29. The van der Waals surface area contributed by atoms with Gasteiger partial charge in [-0.25, -0.2) is 4.98 Å². The minimum absolute atomic E-state index is 0.261. The molecule has 2 aromatic heterocycles. The number of benzene rings is 2. The van der Waals surface area contributed by atoms with Crippen LogP contribution in [0.2, 0.25) is 0 Å². The Kier molecular flexibility index (Phi) is 5.31. The second kappa shape index (κ2) is 8.24. The van der Waals surface area contributed by atoms with Crippen LogP contribution in [0.5, 0.6) is 0 Å². The van der Waals surface area contributed by atoms with E-state index < -0.39 is 0 Å². The summed E-state index contributed by atoms with van der Waals surface area (Å²) in [6.45, 7) is 2.23. The highest BCUT2D eigenvalue weighted by Crippen LogP contribution is 2.35. The van der Waals surface area contributed by atoms with Crippen molar-refractivity contribution in [2.24, 2.45) is 0 Å². The van der Waals surface area contributed by atoms with Gasteiger partial charge in [-0.2, -0.15) is 9.37 Å². The minimum atomic E-state index is -0.293. The fourth-order valence-electron chi connectivity index (χ4n) is 4.44. The van der Waals surface area contributed by atoms with Crippen LogP contribution in [0.15, 0.2) is 53.2 Å². The molecule has 1 aliphatic rings. The van der Waals surface area contributed by atoms with Crippen molar-refractivity contribution in [2.45, 2.75) is 50.6 Å². The Morgan fingerprint density at radius 3 is 2.93 bits per heavy atom. The van der Waals surface area contributed by atoms with Gasteiger partial charge in [-0.05, 0) is 42.5 Å². The Hall–Kier alpha value is -2.64. The van der Waals surface area contributed by atoms with Crippen molar-refractivity contribution in [3.63, 3.8) is 0 Å². The molecule has 3 atom stereocenters. The third-order valence-electron chi connectivity index (χ3n) is 5.88. The predicted octanol–water partition coefficient (Wildman–Crippen LogP) is 5.40. The molecule has 0 radical (unpaired) electrons. The second-order valence-corrected chi connectivity index (χ2v) is 9.01. The van der Waals surface area contributed by atoms with Gasteiger partial charge in [-0.15, -0.1) is 0 Å². The lowest BCUT2D eigenvalue weighted by molar-refractivity contribution is 0.347. The molecule has 7 heteroatoms. The van der Waals surface area contributed by atoms with Gasteiger partial charge in [0.05, 0.1) is 12.6 Å². The maximum Gasteiger partial charge on any atom is 0.229 e. The Labute approximate surface area is 178 Å². The summed E-state index contributed by atoms with van der Waals surface area (Å²) in [6.07, 6.45) is 4.71. The van der Waals surface area contributed by atoms with E-state index in [0.717, 1.165) is 30.6 Å². The average molecular weight is 423 g/mol. The molecule has 1 aliphatic carbocycles. The van der Waals surface area contributed by atoms with Crippen LogP contribution in [0.1, 0.15) is 60.4 Å². The lowest BCUT2D eigenvalue weighted by atomic mass is 9.99. The number of aromatic nitrogens is 3. The van der Waals surface area contributed by atoms with Crippen LogP contribution >= 0.6 is 11.3 Å². The van der Waals surface area contributed by atoms with Gasteiger partial charge < -0.3 is 9.84 Å². The minimum Gasteiger partial charge on any atom is -0.339 e. The zero-order chi connectivity index (χ0) is 20.5. The van der Waals surface area contributed by atoms with Crippen molar-refractivity contribution in [3.05, 3.63) is 76.1 Å². The van der Waals surface area contributed by atoms with Gasteiger partial charge in [0.2, 0.25) is 5.89 Å². The van der Waals surface area contributed by atoms with Crippen LogP contribution in [0.25, 0.3) is 10.8 Å². The highest BCUT2D eigenvalue weighted by Gasteiger charge is 2.31. The van der Waals surface area contributed by atoms with E-state index >= 15 is 0 Å². The summed E-state index contributed by atoms with van der Waals surface area (Å²) in [5.41, 5.74) is 1.33. The fraction of sp³-hybridized carbons (Fsp3) is 0.348. The van der Waals surface area contributed by atoms with Crippen LogP contribution in [0, 0.1) is 5.13 Å². The number of fused-ring (bicyclic) bond motifs is 1. The number of nitrogens with one attached hydrogen (secondary N) is 1. The highest BCUT2D eigenvalue weighted by atomic mass is 32.1. The summed E-state index contributed by atoms with van der Waals surface area (Å²) in [7, 11) is 0. The van der Waals surface area contributed by atoms with Gasteiger partial charge in [0.15, 0.2) is 11.0 Å². The van der Waals surface area contributed by atoms with E-state index in [9.17, 15) is 4.39 Å². The van der Waals surface area contributed by atoms with E-state index in [4.69, 9.17) is 4.52 Å². The van der Waals surface area contributed by atoms with E-state index in [2.05, 4.69) is 69.8 Å². The third kappa shape index (κ3) is 4.00. The number of hydrogen-bond donors (Lipinski definition) is 1. The van der Waals surface area contributed by atoms with Crippen LogP contribution in [-0.4, -0.2) is 21.2 Å². The maximum atomic E-state index is 13.1. The molecule has 2 unspecified atom stereocenters. The van der Waals surface area contributed by atoms with Crippen molar-refractivity contribution in [3.8, 4) is 0 Å². The molecule has 0 spiro atoms. The molecule has 1 saturated carbocycles. The topological polar surface area (TPSA) is 63.8 Å². The summed E-state index contributed by atoms with van der Waals surface area (Å²) in [6, 6.07) is 15.7. The summed E-state index contributed by atoms with van der Waals surface area (Å²) < 4.78 is 18.6. The van der Waals surface area contributed by atoms with Gasteiger partial charge in [0, 0.05) is 18.0 Å². The van der Waals surface area contributed by atoms with Gasteiger partial charge in [-0.3, -0.25) is 0 Å². The molecule has 2 aromatic carbocycles. The van der Waals surface area contributed by atoms with E-state index in [-0.39, 0.29) is 17.1 Å². The fourth-order valence-corrected chi connectivity index (χ4v) is 5.08. The Morgan fingerprint density at radius 1 is 1.20 bits per heavy atom. The molecule has 0 saturated heterocycles. The second-order valence-electron chi connectivity index (χ2n) is 7.95. The number of thiazole rings is 1. The molecule has 0 bridgehead atoms. The monoisotopic (exact) mass is 422 g/mol. The molecule has 30 heavy (non-hydrogen) atoms. The Morgan fingerprint density at radius 2 is 2.07 bits per heavy atom. The summed E-state index contributed by atoms with van der Waals surface area (Å²) >= 11 is 1.02. The molecule has 1 fully saturated rings. The van der Waals surface area contributed by atoms with Crippen molar-refractivity contribution in [1.29, 1.82) is 0 Å². The van der Waals surface area contributed by atoms with E-state index in [0.29, 0.717) is 29.2 Å². The average Bonchev–Trinajstić information content (AvgIpc) is 3.49. The highest BCUT2D eigenvalue weighted by molar-refractivity contribution is 7.09. The molecular formula is C23H23FN4OS. The predicted molar refractivity (Wildman–Crippen MR) is 115 cm³/mol. The lowest BCUT2D eigenvalue weighted by Gasteiger charge is -2.21. The quantitative estimate of drug-likeness (QED) is 0.451. The van der Waals surface area contributed by atoms with Gasteiger partial charge in [0.25, 0.3) is 0 Å². The molecule has 1 N–H and O–H groups in total. The summed E-state index contributed by atoms with van der Waals surface area (Å²) in [4.78, 5) is 8.57. The first-order valence-electron chi connectivity index (χ1n) is 10.3. The molecule has 5 rings (SSSR count). The Bertz CT molecular complexity index is 1150.